The number of hydrogen-bond donors (Lipinski definition) is 4. The Kier molecular flexibility index (Phi) is 8.64. The first-order chi connectivity index (χ1) is 20.5. The van der Waals surface area contributed by atoms with E-state index in [9.17, 15) is 33.4 Å². The third kappa shape index (κ3) is 5.78. The molecule has 43 heavy (non-hydrogen) atoms. The van der Waals surface area contributed by atoms with E-state index >= 15 is 0 Å². The largest absolute Gasteiger partial charge is 0.494 e. The standard InChI is InChI=1S/C28H29ClF2N6O6/c1-35-18(16-5-6-20(43-2)22(31)21(16)30)12-33-25(35)26(40)34-14-3-4-15(17(29)11-14)27(41)36-7-9-37(10-8-36)28(42)23-24(39)19(38)13-32-23/h3-6,11-12,19,23-24,32,38-39H,7-10,13H2,1-2H3,(H,34,40)/t19-,23-,24-/m0/s1. The third-order valence-corrected chi connectivity index (χ3v) is 7.93. The molecule has 5 rings (SSSR count). The van der Waals surface area contributed by atoms with E-state index in [0.29, 0.717) is 0 Å². The highest BCUT2D eigenvalue weighted by Gasteiger charge is 2.40. The van der Waals surface area contributed by atoms with Crippen LogP contribution < -0.4 is 15.4 Å². The number of β-amino-alcohol motifs (C(OH)–C–C–N with tert-alkyl or cyclic N) is 1. The minimum absolute atomic E-state index is 0.0795. The van der Waals surface area contributed by atoms with Gasteiger partial charge in [0.05, 0.1) is 35.7 Å². The maximum atomic E-state index is 14.6. The van der Waals surface area contributed by atoms with Crippen LogP contribution in [-0.4, -0.2) is 105 Å². The van der Waals surface area contributed by atoms with Gasteiger partial charge in [-0.3, -0.25) is 14.4 Å². The van der Waals surface area contributed by atoms with E-state index in [-0.39, 0.29) is 83.6 Å². The lowest BCUT2D eigenvalue weighted by atomic mass is 10.1. The van der Waals surface area contributed by atoms with Gasteiger partial charge in [-0.15, -0.1) is 0 Å². The van der Waals surface area contributed by atoms with Gasteiger partial charge < -0.3 is 40.0 Å². The molecule has 3 heterocycles. The molecule has 2 aliphatic rings. The third-order valence-electron chi connectivity index (χ3n) is 7.62. The number of nitrogens with zero attached hydrogens (tertiary/aromatic N) is 4. The zero-order valence-electron chi connectivity index (χ0n) is 23.2. The maximum absolute atomic E-state index is 14.6. The van der Waals surface area contributed by atoms with Crippen LogP contribution in [0.1, 0.15) is 21.0 Å². The number of carbonyl (C=O) groups is 3. The lowest BCUT2D eigenvalue weighted by molar-refractivity contribution is -0.137. The Labute approximate surface area is 249 Å². The van der Waals surface area contributed by atoms with Gasteiger partial charge in [-0.05, 0) is 30.3 Å². The number of hydrogen-bond acceptors (Lipinski definition) is 8. The van der Waals surface area contributed by atoms with Gasteiger partial charge in [0, 0.05) is 51.0 Å². The summed E-state index contributed by atoms with van der Waals surface area (Å²) in [6, 6.07) is 6.09. The Bertz CT molecular complexity index is 1580. The number of anilines is 1. The summed E-state index contributed by atoms with van der Waals surface area (Å²) in [5, 5.41) is 25.2. The van der Waals surface area contributed by atoms with Crippen molar-refractivity contribution in [2.45, 2.75) is 18.2 Å². The van der Waals surface area contributed by atoms with Crippen LogP contribution in [0.2, 0.25) is 5.02 Å². The summed E-state index contributed by atoms with van der Waals surface area (Å²) in [6.07, 6.45) is -0.954. The molecule has 0 aliphatic carbocycles. The fourth-order valence-corrected chi connectivity index (χ4v) is 5.41. The predicted molar refractivity (Wildman–Crippen MR) is 151 cm³/mol. The number of piperazine rings is 1. The van der Waals surface area contributed by atoms with Crippen molar-refractivity contribution >= 4 is 35.0 Å². The van der Waals surface area contributed by atoms with Crippen LogP contribution in [0.4, 0.5) is 14.5 Å². The number of methoxy groups -OCH3 is 1. The van der Waals surface area contributed by atoms with E-state index < -0.39 is 35.8 Å². The number of aromatic nitrogens is 2. The van der Waals surface area contributed by atoms with Crippen molar-refractivity contribution in [1.29, 1.82) is 0 Å². The monoisotopic (exact) mass is 618 g/mol. The number of amides is 3. The molecule has 0 bridgehead atoms. The zero-order valence-corrected chi connectivity index (χ0v) is 23.9. The Morgan fingerprint density at radius 2 is 1.77 bits per heavy atom. The molecule has 3 amide bonds. The van der Waals surface area contributed by atoms with E-state index in [1.165, 1.54) is 60.2 Å². The SMILES string of the molecule is COc1ccc(-c2cnc(C(=O)Nc3ccc(C(=O)N4CCN(C(=O)[C@H]5NC[C@H](O)[C@@H]5O)CC4)c(Cl)c3)n2C)c(F)c1F. The first kappa shape index (κ1) is 30.4. The van der Waals surface area contributed by atoms with Crippen molar-refractivity contribution in [3.63, 3.8) is 0 Å². The van der Waals surface area contributed by atoms with Crippen LogP contribution in [0.5, 0.6) is 5.75 Å². The van der Waals surface area contributed by atoms with Crippen molar-refractivity contribution in [3.8, 4) is 17.0 Å². The molecule has 3 atom stereocenters. The first-order valence-corrected chi connectivity index (χ1v) is 13.7. The summed E-state index contributed by atoms with van der Waals surface area (Å²) in [5.74, 6) is -3.97. The van der Waals surface area contributed by atoms with Gasteiger partial charge in [-0.2, -0.15) is 4.39 Å². The van der Waals surface area contributed by atoms with Crippen LogP contribution in [0.3, 0.4) is 0 Å². The number of aliphatic hydroxyl groups excluding tert-OH is 2. The number of imidazole rings is 1. The molecule has 0 unspecified atom stereocenters. The average Bonchev–Trinajstić information content (AvgIpc) is 3.55. The molecule has 12 nitrogen and oxygen atoms in total. The van der Waals surface area contributed by atoms with E-state index in [2.05, 4.69) is 15.6 Å². The topological polar surface area (TPSA) is 149 Å². The van der Waals surface area contributed by atoms with Crippen LogP contribution in [0.25, 0.3) is 11.3 Å². The van der Waals surface area contributed by atoms with Gasteiger partial charge in [-0.1, -0.05) is 11.6 Å². The van der Waals surface area contributed by atoms with Crippen molar-refractivity contribution in [3.05, 3.63) is 64.6 Å². The molecule has 15 heteroatoms. The molecular weight excluding hydrogens is 590 g/mol. The summed E-state index contributed by atoms with van der Waals surface area (Å²) in [5.41, 5.74) is 0.540. The van der Waals surface area contributed by atoms with Crippen LogP contribution in [0, 0.1) is 11.6 Å². The maximum Gasteiger partial charge on any atom is 0.291 e. The Hall–Kier alpha value is -4.11. The zero-order chi connectivity index (χ0) is 31.0. The molecule has 2 saturated heterocycles. The highest BCUT2D eigenvalue weighted by Crippen LogP contribution is 2.30. The molecule has 2 aromatic carbocycles. The number of ether oxygens (including phenoxy) is 1. The number of rotatable bonds is 6. The van der Waals surface area contributed by atoms with Crippen LogP contribution in [0.15, 0.2) is 36.5 Å². The lowest BCUT2D eigenvalue weighted by Crippen LogP contribution is -2.56. The summed E-state index contributed by atoms with van der Waals surface area (Å²) in [7, 11) is 2.70. The molecule has 228 valence electrons. The number of nitrogens with one attached hydrogen (secondary N) is 2. The van der Waals surface area contributed by atoms with Gasteiger partial charge in [0.15, 0.2) is 17.4 Å². The smallest absolute Gasteiger partial charge is 0.291 e. The molecule has 3 aromatic rings. The Balaban J connectivity index is 1.22. The number of halogens is 3. The van der Waals surface area contributed by atoms with Crippen molar-refractivity contribution in [2.75, 3.05) is 45.2 Å². The Morgan fingerprint density at radius 3 is 2.40 bits per heavy atom. The van der Waals surface area contributed by atoms with E-state index in [1.54, 1.807) is 4.90 Å². The molecule has 0 radical (unpaired) electrons. The minimum Gasteiger partial charge on any atom is -0.494 e. The number of aliphatic hydroxyl groups is 2. The van der Waals surface area contributed by atoms with E-state index in [0.717, 1.165) is 0 Å². The second-order valence-electron chi connectivity index (χ2n) is 10.2. The van der Waals surface area contributed by atoms with Gasteiger partial charge in [0.2, 0.25) is 11.7 Å². The van der Waals surface area contributed by atoms with E-state index in [1.807, 2.05) is 0 Å². The van der Waals surface area contributed by atoms with Crippen molar-refractivity contribution in [1.82, 2.24) is 24.7 Å². The van der Waals surface area contributed by atoms with Gasteiger partial charge in [0.1, 0.15) is 12.1 Å². The van der Waals surface area contributed by atoms with Crippen molar-refractivity contribution < 1.29 is 38.1 Å². The highest BCUT2D eigenvalue weighted by atomic mass is 35.5. The average molecular weight is 619 g/mol. The number of carbonyl (C=O) groups excluding carboxylic acids is 3. The second kappa shape index (κ2) is 12.2. The molecular formula is C28H29ClF2N6O6. The summed E-state index contributed by atoms with van der Waals surface area (Å²) in [6.45, 7) is 1.10. The number of benzene rings is 2. The van der Waals surface area contributed by atoms with Gasteiger partial charge >= 0.3 is 0 Å². The van der Waals surface area contributed by atoms with Crippen molar-refractivity contribution in [2.24, 2.45) is 7.05 Å². The highest BCUT2D eigenvalue weighted by molar-refractivity contribution is 6.34. The summed E-state index contributed by atoms with van der Waals surface area (Å²) < 4.78 is 35.0. The van der Waals surface area contributed by atoms with Gasteiger partial charge in [-0.25, -0.2) is 9.37 Å². The molecule has 4 N–H and O–H groups in total. The molecule has 0 spiro atoms. The second-order valence-corrected chi connectivity index (χ2v) is 10.6. The Morgan fingerprint density at radius 1 is 1.07 bits per heavy atom. The minimum atomic E-state index is -1.19. The predicted octanol–water partition coefficient (Wildman–Crippen LogP) is 1.26. The lowest BCUT2D eigenvalue weighted by Gasteiger charge is -2.36. The normalized spacial score (nSPS) is 20.3. The molecule has 0 saturated carbocycles. The van der Waals surface area contributed by atoms with Crippen LogP contribution in [-0.2, 0) is 11.8 Å². The molecule has 2 fully saturated rings. The molecule has 2 aliphatic heterocycles. The fraction of sp³-hybridized carbons (Fsp3) is 0.357. The van der Waals surface area contributed by atoms with Gasteiger partial charge in [0.25, 0.3) is 11.8 Å². The summed E-state index contributed by atoms with van der Waals surface area (Å²) >= 11 is 6.41. The van der Waals surface area contributed by atoms with Crippen LogP contribution >= 0.6 is 11.6 Å². The molecule has 1 aromatic heterocycles. The summed E-state index contributed by atoms with van der Waals surface area (Å²) in [4.78, 5) is 46.0. The first-order valence-electron chi connectivity index (χ1n) is 13.3. The van der Waals surface area contributed by atoms with E-state index in [4.69, 9.17) is 16.3 Å². The quantitative estimate of drug-likeness (QED) is 0.323. The fourth-order valence-electron chi connectivity index (χ4n) is 5.15.